The molecule has 2 rings (SSSR count). The van der Waals surface area contributed by atoms with E-state index in [1.165, 1.54) is 7.11 Å². The molecule has 0 saturated carbocycles. The lowest BCUT2D eigenvalue weighted by atomic mass is 9.85. The van der Waals surface area contributed by atoms with Crippen LogP contribution in [0.3, 0.4) is 0 Å². The fourth-order valence-corrected chi connectivity index (χ4v) is 2.51. The second-order valence-electron chi connectivity index (χ2n) is 5.31. The number of carbonyl (C=O) groups excluding carboxylic acids is 1. The zero-order valence-electron chi connectivity index (χ0n) is 11.5. The molecule has 0 aromatic heterocycles. The summed E-state index contributed by atoms with van der Waals surface area (Å²) in [7, 11) is 1.53. The maximum absolute atomic E-state index is 12.1. The summed E-state index contributed by atoms with van der Waals surface area (Å²) < 4.78 is 10.5. The topological polar surface area (TPSA) is 35.5 Å². The van der Waals surface area contributed by atoms with E-state index in [2.05, 4.69) is 0 Å². The molecular weight excluding hydrogens is 264 g/mol. The van der Waals surface area contributed by atoms with Crippen LogP contribution in [0, 0.1) is 12.3 Å². The monoisotopic (exact) mass is 280 g/mol. The smallest absolute Gasteiger partial charge is 0.340 e. The van der Waals surface area contributed by atoms with Gasteiger partial charge in [0.15, 0.2) is 0 Å². The van der Waals surface area contributed by atoms with Crippen molar-refractivity contribution in [1.29, 1.82) is 0 Å². The number of rotatable bonds is 2. The standard InChI is InChI=1S/C15H17ClO3/c1-9-7-10(16)5-6-11(9)12-8-15(2,3)14(18-4)19-13(12)17/h5-8,14H,1-4H3. The molecule has 0 bridgehead atoms. The van der Waals surface area contributed by atoms with Gasteiger partial charge in [0.25, 0.3) is 0 Å². The Labute approximate surface area is 118 Å². The van der Waals surface area contributed by atoms with E-state index in [9.17, 15) is 4.79 Å². The molecule has 1 atom stereocenters. The second kappa shape index (κ2) is 4.99. The van der Waals surface area contributed by atoms with Crippen molar-refractivity contribution in [2.45, 2.75) is 27.1 Å². The van der Waals surface area contributed by atoms with E-state index in [0.29, 0.717) is 10.6 Å². The molecule has 1 heterocycles. The summed E-state index contributed by atoms with van der Waals surface area (Å²) in [6, 6.07) is 5.45. The third-order valence-electron chi connectivity index (χ3n) is 3.25. The molecule has 0 N–H and O–H groups in total. The Bertz CT molecular complexity index is 546. The van der Waals surface area contributed by atoms with Gasteiger partial charge in [-0.25, -0.2) is 4.79 Å². The van der Waals surface area contributed by atoms with E-state index in [4.69, 9.17) is 21.1 Å². The molecule has 3 nitrogen and oxygen atoms in total. The Kier molecular flexibility index (Phi) is 3.70. The minimum atomic E-state index is -0.559. The van der Waals surface area contributed by atoms with Crippen LogP contribution in [-0.2, 0) is 14.3 Å². The molecule has 4 heteroatoms. The van der Waals surface area contributed by atoms with Crippen LogP contribution in [0.25, 0.3) is 5.57 Å². The molecule has 1 unspecified atom stereocenters. The predicted molar refractivity (Wildman–Crippen MR) is 74.8 cm³/mol. The molecule has 0 spiro atoms. The molecule has 19 heavy (non-hydrogen) atoms. The van der Waals surface area contributed by atoms with Crippen molar-refractivity contribution in [1.82, 2.24) is 0 Å². The van der Waals surface area contributed by atoms with Gasteiger partial charge in [0.2, 0.25) is 6.29 Å². The minimum Gasteiger partial charge on any atom is -0.431 e. The van der Waals surface area contributed by atoms with Crippen LogP contribution in [0.15, 0.2) is 24.3 Å². The number of hydrogen-bond acceptors (Lipinski definition) is 3. The van der Waals surface area contributed by atoms with Crippen LogP contribution in [0.5, 0.6) is 0 Å². The molecule has 0 aliphatic carbocycles. The van der Waals surface area contributed by atoms with Gasteiger partial charge in [0.05, 0.1) is 5.57 Å². The summed E-state index contributed by atoms with van der Waals surface area (Å²) in [5, 5.41) is 0.653. The molecular formula is C15H17ClO3. The van der Waals surface area contributed by atoms with Crippen LogP contribution in [0.4, 0.5) is 0 Å². The van der Waals surface area contributed by atoms with Crippen LogP contribution >= 0.6 is 11.6 Å². The van der Waals surface area contributed by atoms with E-state index in [1.54, 1.807) is 6.07 Å². The van der Waals surface area contributed by atoms with Gasteiger partial charge in [0, 0.05) is 17.5 Å². The van der Waals surface area contributed by atoms with Crippen molar-refractivity contribution in [2.24, 2.45) is 5.41 Å². The van der Waals surface area contributed by atoms with Gasteiger partial charge in [-0.3, -0.25) is 0 Å². The third-order valence-corrected chi connectivity index (χ3v) is 3.49. The average molecular weight is 281 g/mol. The van der Waals surface area contributed by atoms with Gasteiger partial charge in [-0.1, -0.05) is 37.6 Å². The highest BCUT2D eigenvalue weighted by atomic mass is 35.5. The van der Waals surface area contributed by atoms with Crippen molar-refractivity contribution in [2.75, 3.05) is 7.11 Å². The summed E-state index contributed by atoms with van der Waals surface area (Å²) in [6.07, 6.45) is 1.35. The summed E-state index contributed by atoms with van der Waals surface area (Å²) in [6.45, 7) is 5.86. The number of esters is 1. The lowest BCUT2D eigenvalue weighted by molar-refractivity contribution is -0.188. The first-order valence-electron chi connectivity index (χ1n) is 6.08. The fraction of sp³-hybridized carbons (Fsp3) is 0.400. The first-order chi connectivity index (χ1) is 8.85. The SMILES string of the molecule is COC1OC(=O)C(c2ccc(Cl)cc2C)=CC1(C)C. The number of cyclic esters (lactones) is 1. The Morgan fingerprint density at radius 1 is 1.37 bits per heavy atom. The molecule has 0 amide bonds. The molecule has 102 valence electrons. The van der Waals surface area contributed by atoms with Gasteiger partial charge < -0.3 is 9.47 Å². The summed E-state index contributed by atoms with van der Waals surface area (Å²) >= 11 is 5.94. The fourth-order valence-electron chi connectivity index (χ4n) is 2.28. The van der Waals surface area contributed by atoms with E-state index >= 15 is 0 Å². The molecule has 1 aromatic rings. The van der Waals surface area contributed by atoms with Crippen LogP contribution in [0.2, 0.25) is 5.02 Å². The number of halogens is 1. The summed E-state index contributed by atoms with van der Waals surface area (Å²) in [5.74, 6) is -0.364. The average Bonchev–Trinajstić information content (AvgIpc) is 2.32. The Hall–Kier alpha value is -1.32. The summed E-state index contributed by atoms with van der Waals surface area (Å²) in [4.78, 5) is 12.1. The summed E-state index contributed by atoms with van der Waals surface area (Å²) in [5.41, 5.74) is 1.98. The predicted octanol–water partition coefficient (Wildman–Crippen LogP) is 3.59. The number of aryl methyl sites for hydroxylation is 1. The normalized spacial score (nSPS) is 21.8. The van der Waals surface area contributed by atoms with Crippen molar-refractivity contribution in [3.8, 4) is 0 Å². The first-order valence-corrected chi connectivity index (χ1v) is 6.46. The number of benzene rings is 1. The Morgan fingerprint density at radius 2 is 2.05 bits per heavy atom. The third kappa shape index (κ3) is 2.67. The minimum absolute atomic E-state index is 0.364. The molecule has 0 radical (unpaired) electrons. The van der Waals surface area contributed by atoms with Gasteiger partial charge in [-0.05, 0) is 30.2 Å². The van der Waals surface area contributed by atoms with Gasteiger partial charge in [0.1, 0.15) is 0 Å². The zero-order valence-corrected chi connectivity index (χ0v) is 12.2. The highest BCUT2D eigenvalue weighted by molar-refractivity contribution is 6.30. The maximum atomic E-state index is 12.1. The van der Waals surface area contributed by atoms with Gasteiger partial charge in [-0.2, -0.15) is 0 Å². The van der Waals surface area contributed by atoms with Gasteiger partial charge in [-0.15, -0.1) is 0 Å². The number of methoxy groups -OCH3 is 1. The number of ether oxygens (including phenoxy) is 2. The first kappa shape index (κ1) is 14.1. The quantitative estimate of drug-likeness (QED) is 0.777. The molecule has 1 aliphatic rings. The van der Waals surface area contributed by atoms with E-state index in [-0.39, 0.29) is 11.4 Å². The second-order valence-corrected chi connectivity index (χ2v) is 5.75. The van der Waals surface area contributed by atoms with Crippen molar-refractivity contribution < 1.29 is 14.3 Å². The van der Waals surface area contributed by atoms with Crippen molar-refractivity contribution in [3.05, 3.63) is 40.4 Å². The lowest BCUT2D eigenvalue weighted by Gasteiger charge is -2.34. The van der Waals surface area contributed by atoms with Crippen LogP contribution < -0.4 is 0 Å². The molecule has 1 aromatic carbocycles. The molecule has 0 saturated heterocycles. The highest BCUT2D eigenvalue weighted by Crippen LogP contribution is 2.36. The Balaban J connectivity index is 2.49. The number of carbonyl (C=O) groups is 1. The molecule has 1 aliphatic heterocycles. The lowest BCUT2D eigenvalue weighted by Crippen LogP contribution is -2.38. The van der Waals surface area contributed by atoms with Gasteiger partial charge >= 0.3 is 5.97 Å². The largest absolute Gasteiger partial charge is 0.431 e. The van der Waals surface area contributed by atoms with E-state index in [1.807, 2.05) is 39.0 Å². The van der Waals surface area contributed by atoms with E-state index in [0.717, 1.165) is 11.1 Å². The van der Waals surface area contributed by atoms with Crippen LogP contribution in [-0.4, -0.2) is 19.4 Å². The van der Waals surface area contributed by atoms with Crippen LogP contribution in [0.1, 0.15) is 25.0 Å². The highest BCUT2D eigenvalue weighted by Gasteiger charge is 2.38. The van der Waals surface area contributed by atoms with E-state index < -0.39 is 6.29 Å². The number of hydrogen-bond donors (Lipinski definition) is 0. The molecule has 0 fully saturated rings. The maximum Gasteiger partial charge on any atom is 0.340 e. The van der Waals surface area contributed by atoms with Crippen molar-refractivity contribution >= 4 is 23.1 Å². The zero-order chi connectivity index (χ0) is 14.2. The van der Waals surface area contributed by atoms with Crippen molar-refractivity contribution in [3.63, 3.8) is 0 Å². The Morgan fingerprint density at radius 3 is 2.63 bits per heavy atom.